The molecule has 1 fully saturated rings. The molecular formula is C32H34N4O3. The molecule has 0 radical (unpaired) electrons. The van der Waals surface area contributed by atoms with Gasteiger partial charge in [0.15, 0.2) is 5.75 Å². The minimum absolute atomic E-state index is 0.173. The van der Waals surface area contributed by atoms with Crippen LogP contribution >= 0.6 is 0 Å². The first kappa shape index (κ1) is 25.3. The number of carbonyl (C=O) groups excluding carboxylic acids is 1. The maximum Gasteiger partial charge on any atom is 0.257 e. The topological polar surface area (TPSA) is 67.8 Å². The number of amides is 1. The lowest BCUT2D eigenvalue weighted by Crippen LogP contribution is -2.28. The summed E-state index contributed by atoms with van der Waals surface area (Å²) in [6.07, 6.45) is 6.17. The van der Waals surface area contributed by atoms with E-state index >= 15 is 0 Å². The number of ether oxygens (including phenoxy) is 2. The fraction of sp³-hybridized carbons (Fsp3) is 0.344. The van der Waals surface area contributed by atoms with E-state index in [2.05, 4.69) is 48.2 Å². The van der Waals surface area contributed by atoms with Gasteiger partial charge in [0.05, 0.1) is 29.4 Å². The molecule has 39 heavy (non-hydrogen) atoms. The summed E-state index contributed by atoms with van der Waals surface area (Å²) in [6.45, 7) is 3.52. The van der Waals surface area contributed by atoms with Crippen molar-refractivity contribution in [2.45, 2.75) is 37.7 Å². The molecule has 3 heterocycles. The number of benzene rings is 2. The molecule has 1 atom stereocenters. The average Bonchev–Trinajstić information content (AvgIpc) is 3.72. The monoisotopic (exact) mass is 522 g/mol. The molecule has 7 heteroatoms. The van der Waals surface area contributed by atoms with E-state index in [9.17, 15) is 4.79 Å². The third-order valence-electron chi connectivity index (χ3n) is 7.86. The molecule has 1 saturated carbocycles. The van der Waals surface area contributed by atoms with E-state index in [1.165, 1.54) is 0 Å². The second kappa shape index (κ2) is 9.97. The number of pyridine rings is 2. The van der Waals surface area contributed by atoms with E-state index < -0.39 is 0 Å². The van der Waals surface area contributed by atoms with E-state index in [0.717, 1.165) is 64.7 Å². The Morgan fingerprint density at radius 3 is 2.56 bits per heavy atom. The van der Waals surface area contributed by atoms with Crippen molar-refractivity contribution in [3.63, 3.8) is 0 Å². The van der Waals surface area contributed by atoms with Gasteiger partial charge >= 0.3 is 0 Å². The van der Waals surface area contributed by atoms with Crippen molar-refractivity contribution < 1.29 is 14.3 Å². The fourth-order valence-corrected chi connectivity index (χ4v) is 5.56. The second-order valence-corrected chi connectivity index (χ2v) is 10.9. The first-order valence-electron chi connectivity index (χ1n) is 13.6. The predicted molar refractivity (Wildman–Crippen MR) is 153 cm³/mol. The molecule has 0 saturated heterocycles. The number of hydrogen-bond donors (Lipinski definition) is 0. The molecule has 1 unspecified atom stereocenters. The lowest BCUT2D eigenvalue weighted by Gasteiger charge is -2.19. The van der Waals surface area contributed by atoms with Crippen molar-refractivity contribution in [1.82, 2.24) is 14.9 Å². The van der Waals surface area contributed by atoms with Crippen LogP contribution in [0, 0.1) is 0 Å². The summed E-state index contributed by atoms with van der Waals surface area (Å²) < 4.78 is 12.5. The highest BCUT2D eigenvalue weighted by molar-refractivity contribution is 6.14. The minimum atomic E-state index is -0.383. The van der Waals surface area contributed by atoms with Crippen LogP contribution in [0.25, 0.3) is 22.0 Å². The van der Waals surface area contributed by atoms with Crippen LogP contribution in [0.2, 0.25) is 0 Å². The number of likely N-dealkylation sites (N-methyl/N-ethyl adjacent to an activating group) is 1. The Labute approximate surface area is 229 Å². The van der Waals surface area contributed by atoms with Crippen molar-refractivity contribution in [2.75, 3.05) is 39.2 Å². The molecule has 1 aliphatic heterocycles. The van der Waals surface area contributed by atoms with Crippen molar-refractivity contribution >= 4 is 22.5 Å². The van der Waals surface area contributed by atoms with Gasteiger partial charge in [-0.1, -0.05) is 36.4 Å². The van der Waals surface area contributed by atoms with E-state index in [1.807, 2.05) is 56.7 Å². The molecule has 2 aromatic heterocycles. The summed E-state index contributed by atoms with van der Waals surface area (Å²) in [5.41, 5.74) is 5.55. The number of aromatic nitrogens is 2. The van der Waals surface area contributed by atoms with Crippen LogP contribution < -0.4 is 14.4 Å². The Kier molecular flexibility index (Phi) is 6.47. The molecule has 0 N–H and O–H groups in total. The minimum Gasteiger partial charge on any atom is -0.480 e. The zero-order valence-electron chi connectivity index (χ0n) is 23.0. The molecule has 4 aromatic rings. The second-order valence-electron chi connectivity index (χ2n) is 10.9. The summed E-state index contributed by atoms with van der Waals surface area (Å²) >= 11 is 0. The van der Waals surface area contributed by atoms with Gasteiger partial charge in [-0.2, -0.15) is 0 Å². The number of hydrogen-bond acceptors (Lipinski definition) is 6. The Morgan fingerprint density at radius 1 is 1.03 bits per heavy atom. The fourth-order valence-electron chi connectivity index (χ4n) is 5.56. The third-order valence-corrected chi connectivity index (χ3v) is 7.86. The average molecular weight is 523 g/mol. The van der Waals surface area contributed by atoms with E-state index in [1.54, 1.807) is 4.90 Å². The van der Waals surface area contributed by atoms with Crippen LogP contribution in [0.1, 0.15) is 43.4 Å². The normalized spacial score (nSPS) is 16.1. The van der Waals surface area contributed by atoms with Crippen molar-refractivity contribution in [3.8, 4) is 22.8 Å². The van der Waals surface area contributed by atoms with Crippen LogP contribution in [-0.4, -0.2) is 55.1 Å². The highest BCUT2D eigenvalue weighted by Crippen LogP contribution is 2.58. The zero-order valence-corrected chi connectivity index (χ0v) is 23.0. The van der Waals surface area contributed by atoms with Crippen LogP contribution in [0.15, 0.2) is 67.0 Å². The Bertz CT molecular complexity index is 1530. The number of fused-ring (bicyclic) bond motifs is 4. The van der Waals surface area contributed by atoms with Gasteiger partial charge in [0.2, 0.25) is 5.91 Å². The summed E-state index contributed by atoms with van der Waals surface area (Å²) in [7, 11) is 5.96. The van der Waals surface area contributed by atoms with E-state index in [0.29, 0.717) is 18.2 Å². The maximum absolute atomic E-state index is 13.0. The summed E-state index contributed by atoms with van der Waals surface area (Å²) in [6, 6.07) is 18.4. The molecule has 1 aliphatic carbocycles. The van der Waals surface area contributed by atoms with E-state index in [4.69, 9.17) is 14.5 Å². The first-order chi connectivity index (χ1) is 18.9. The number of nitrogens with zero attached hydrogens (tertiary/aromatic N) is 4. The quantitative estimate of drug-likeness (QED) is 0.260. The highest BCUT2D eigenvalue weighted by Gasteiger charge is 2.59. The third kappa shape index (κ3) is 4.61. The van der Waals surface area contributed by atoms with Gasteiger partial charge in [-0.05, 0) is 69.6 Å². The molecule has 1 amide bonds. The smallest absolute Gasteiger partial charge is 0.257 e. The molecule has 7 nitrogen and oxygen atoms in total. The molecule has 1 spiro atoms. The van der Waals surface area contributed by atoms with Crippen LogP contribution in [-0.2, 0) is 10.2 Å². The summed E-state index contributed by atoms with van der Waals surface area (Å²) in [5.74, 6) is 1.28. The summed E-state index contributed by atoms with van der Waals surface area (Å²) in [4.78, 5) is 26.3. The predicted octanol–water partition coefficient (Wildman–Crippen LogP) is 5.78. The van der Waals surface area contributed by atoms with Crippen molar-refractivity contribution in [3.05, 3.63) is 78.1 Å². The van der Waals surface area contributed by atoms with Crippen molar-refractivity contribution in [1.29, 1.82) is 0 Å². The van der Waals surface area contributed by atoms with E-state index in [-0.39, 0.29) is 17.4 Å². The Morgan fingerprint density at radius 2 is 1.82 bits per heavy atom. The molecule has 2 aromatic carbocycles. The van der Waals surface area contributed by atoms with Gasteiger partial charge in [0, 0.05) is 36.3 Å². The van der Waals surface area contributed by atoms with Gasteiger partial charge in [-0.15, -0.1) is 0 Å². The molecule has 0 bridgehead atoms. The standard InChI is InChI=1S/C32H34N4O3/c1-21(22-9-6-5-7-10-22)39-28-18-24(19-34-30(28)38-16-8-15-35(2)3)23-11-12-26-25(17-23)29-27(20-33-26)36(4)31(37)32(29)13-14-32/h5-7,9-12,17-21H,8,13-16H2,1-4H3. The van der Waals surface area contributed by atoms with Crippen LogP contribution in [0.5, 0.6) is 11.6 Å². The van der Waals surface area contributed by atoms with Gasteiger partial charge in [0.25, 0.3) is 5.88 Å². The number of carbonyl (C=O) groups is 1. The molecule has 200 valence electrons. The molecule has 2 aliphatic rings. The van der Waals surface area contributed by atoms with Crippen molar-refractivity contribution in [2.24, 2.45) is 0 Å². The largest absolute Gasteiger partial charge is 0.480 e. The number of rotatable bonds is 9. The van der Waals surface area contributed by atoms with Gasteiger partial charge in [0.1, 0.15) is 6.10 Å². The number of anilines is 1. The molecular weight excluding hydrogens is 488 g/mol. The maximum atomic E-state index is 13.0. The first-order valence-corrected chi connectivity index (χ1v) is 13.6. The van der Waals surface area contributed by atoms with Gasteiger partial charge in [-0.3, -0.25) is 9.78 Å². The van der Waals surface area contributed by atoms with Gasteiger partial charge < -0.3 is 19.3 Å². The molecule has 6 rings (SSSR count). The Hall–Kier alpha value is -3.97. The van der Waals surface area contributed by atoms with Crippen LogP contribution in [0.3, 0.4) is 0 Å². The SMILES string of the molecule is CC(Oc1cc(-c2ccc3ncc4c(c3c2)C2(CC2)C(=O)N4C)cnc1OCCCN(C)C)c1ccccc1. The van der Waals surface area contributed by atoms with Crippen LogP contribution in [0.4, 0.5) is 5.69 Å². The lowest BCUT2D eigenvalue weighted by atomic mass is 9.92. The zero-order chi connectivity index (χ0) is 27.1. The Balaban J connectivity index is 1.37. The highest BCUT2D eigenvalue weighted by atomic mass is 16.5. The van der Waals surface area contributed by atoms with Gasteiger partial charge in [-0.25, -0.2) is 4.98 Å². The lowest BCUT2D eigenvalue weighted by molar-refractivity contribution is -0.119. The summed E-state index contributed by atoms with van der Waals surface area (Å²) in [5, 5.41) is 1.03.